The van der Waals surface area contributed by atoms with Crippen molar-refractivity contribution in [3.63, 3.8) is 0 Å². The highest BCUT2D eigenvalue weighted by Crippen LogP contribution is 2.31. The van der Waals surface area contributed by atoms with Gasteiger partial charge in [0.05, 0.1) is 0 Å². The summed E-state index contributed by atoms with van der Waals surface area (Å²) in [6.07, 6.45) is 3.31. The zero-order valence-corrected chi connectivity index (χ0v) is 11.6. The third-order valence-electron chi connectivity index (χ3n) is 3.91. The Kier molecular flexibility index (Phi) is 3.84. The van der Waals surface area contributed by atoms with Crippen LogP contribution in [-0.4, -0.2) is 5.78 Å². The highest BCUT2D eigenvalue weighted by atomic mass is 16.1. The normalized spacial score (nSPS) is 14.0. The smallest absolute Gasteiger partial charge is 0.136 e. The average Bonchev–Trinajstić information content (AvgIpc) is 2.39. The number of carbonyl (C=O) groups is 1. The van der Waals surface area contributed by atoms with Gasteiger partial charge in [0.15, 0.2) is 0 Å². The van der Waals surface area contributed by atoms with Crippen molar-refractivity contribution >= 4 is 16.6 Å². The fourth-order valence-electron chi connectivity index (χ4n) is 2.53. The van der Waals surface area contributed by atoms with Crippen LogP contribution in [-0.2, 0) is 11.2 Å². The lowest BCUT2D eigenvalue weighted by Gasteiger charge is -2.26. The molecule has 2 aromatic carbocycles. The van der Waals surface area contributed by atoms with Crippen LogP contribution in [0, 0.1) is 5.41 Å². The number of rotatable bonds is 5. The average molecular weight is 252 g/mol. The van der Waals surface area contributed by atoms with Crippen molar-refractivity contribution in [2.24, 2.45) is 5.41 Å². The van der Waals surface area contributed by atoms with E-state index in [1.54, 1.807) is 6.92 Å². The van der Waals surface area contributed by atoms with Crippen molar-refractivity contribution in [2.45, 2.75) is 26.7 Å². The van der Waals surface area contributed by atoms with Gasteiger partial charge in [-0.05, 0) is 36.1 Å². The standard InChI is InChI=1S/C18H20O/c1-4-12-18(3,14(2)19)13-16-10-7-9-15-8-5-6-11-17(15)16/h4-11H,1,12-13H2,2-3H3. The van der Waals surface area contributed by atoms with E-state index in [0.717, 1.165) is 6.42 Å². The first-order chi connectivity index (χ1) is 9.07. The van der Waals surface area contributed by atoms with Crippen LogP contribution >= 0.6 is 0 Å². The van der Waals surface area contributed by atoms with E-state index in [-0.39, 0.29) is 11.2 Å². The molecule has 19 heavy (non-hydrogen) atoms. The molecule has 1 atom stereocenters. The van der Waals surface area contributed by atoms with Gasteiger partial charge < -0.3 is 0 Å². The molecule has 0 aliphatic rings. The second kappa shape index (κ2) is 5.40. The molecule has 0 aromatic heterocycles. The second-order valence-corrected chi connectivity index (χ2v) is 5.42. The molecular formula is C18H20O. The Morgan fingerprint density at radius 3 is 2.58 bits per heavy atom. The van der Waals surface area contributed by atoms with E-state index in [1.807, 2.05) is 25.1 Å². The largest absolute Gasteiger partial charge is 0.299 e. The maximum absolute atomic E-state index is 11.9. The van der Waals surface area contributed by atoms with Crippen molar-refractivity contribution < 1.29 is 4.79 Å². The van der Waals surface area contributed by atoms with E-state index in [0.29, 0.717) is 6.42 Å². The summed E-state index contributed by atoms with van der Waals surface area (Å²) in [4.78, 5) is 11.9. The third-order valence-corrected chi connectivity index (χ3v) is 3.91. The molecule has 0 N–H and O–H groups in total. The third kappa shape index (κ3) is 2.76. The summed E-state index contributed by atoms with van der Waals surface area (Å²) in [6.45, 7) is 7.48. The highest BCUT2D eigenvalue weighted by molar-refractivity contribution is 5.87. The molecule has 0 saturated heterocycles. The maximum Gasteiger partial charge on any atom is 0.136 e. The van der Waals surface area contributed by atoms with Gasteiger partial charge in [0.2, 0.25) is 0 Å². The monoisotopic (exact) mass is 252 g/mol. The minimum atomic E-state index is -0.355. The van der Waals surface area contributed by atoms with Crippen molar-refractivity contribution in [1.82, 2.24) is 0 Å². The zero-order valence-electron chi connectivity index (χ0n) is 11.6. The molecule has 0 fully saturated rings. The molecule has 0 aliphatic heterocycles. The van der Waals surface area contributed by atoms with Crippen molar-refractivity contribution in [2.75, 3.05) is 0 Å². The van der Waals surface area contributed by atoms with Gasteiger partial charge in [0.25, 0.3) is 0 Å². The fourth-order valence-corrected chi connectivity index (χ4v) is 2.53. The molecule has 0 saturated carbocycles. The number of Topliss-reactive ketones (excluding diaryl/α,β-unsaturated/α-hetero) is 1. The molecule has 1 unspecified atom stereocenters. The van der Waals surface area contributed by atoms with E-state index in [1.165, 1.54) is 16.3 Å². The molecule has 0 aliphatic carbocycles. The summed E-state index contributed by atoms with van der Waals surface area (Å²) in [7, 11) is 0. The van der Waals surface area contributed by atoms with Crippen LogP contribution in [0.1, 0.15) is 25.8 Å². The number of fused-ring (bicyclic) bond motifs is 1. The Hall–Kier alpha value is -1.89. The first kappa shape index (κ1) is 13.5. The molecule has 2 aromatic rings. The summed E-state index contributed by atoms with van der Waals surface area (Å²) in [5.41, 5.74) is 0.879. The quantitative estimate of drug-likeness (QED) is 0.713. The summed E-state index contributed by atoms with van der Waals surface area (Å²) in [5.74, 6) is 0.223. The van der Waals surface area contributed by atoms with Gasteiger partial charge in [-0.15, -0.1) is 6.58 Å². The Bertz CT molecular complexity index is 607. The Morgan fingerprint density at radius 1 is 1.21 bits per heavy atom. The van der Waals surface area contributed by atoms with Gasteiger partial charge in [0, 0.05) is 5.41 Å². The van der Waals surface area contributed by atoms with Crippen LogP contribution < -0.4 is 0 Å². The van der Waals surface area contributed by atoms with Crippen molar-refractivity contribution in [3.8, 4) is 0 Å². The number of carbonyl (C=O) groups excluding carboxylic acids is 1. The van der Waals surface area contributed by atoms with E-state index in [4.69, 9.17) is 0 Å². The Labute approximate surface area is 115 Å². The second-order valence-electron chi connectivity index (χ2n) is 5.42. The topological polar surface area (TPSA) is 17.1 Å². The lowest BCUT2D eigenvalue weighted by Crippen LogP contribution is -2.27. The Balaban J connectivity index is 2.45. The van der Waals surface area contributed by atoms with Gasteiger partial charge in [-0.3, -0.25) is 4.79 Å². The molecule has 0 radical (unpaired) electrons. The van der Waals surface area contributed by atoms with Gasteiger partial charge in [0.1, 0.15) is 5.78 Å². The van der Waals surface area contributed by atoms with Crippen LogP contribution in [0.3, 0.4) is 0 Å². The lowest BCUT2D eigenvalue weighted by atomic mass is 9.76. The Morgan fingerprint density at radius 2 is 1.89 bits per heavy atom. The van der Waals surface area contributed by atoms with Gasteiger partial charge >= 0.3 is 0 Å². The number of allylic oxidation sites excluding steroid dienone is 1. The van der Waals surface area contributed by atoms with Crippen molar-refractivity contribution in [3.05, 3.63) is 60.7 Å². The minimum Gasteiger partial charge on any atom is -0.299 e. The van der Waals surface area contributed by atoms with E-state index >= 15 is 0 Å². The molecule has 98 valence electrons. The summed E-state index contributed by atoms with van der Waals surface area (Å²) in [6, 6.07) is 14.6. The van der Waals surface area contributed by atoms with Crippen LogP contribution in [0.25, 0.3) is 10.8 Å². The SMILES string of the molecule is C=CCC(C)(Cc1cccc2ccccc12)C(C)=O. The van der Waals surface area contributed by atoms with E-state index < -0.39 is 0 Å². The van der Waals surface area contributed by atoms with Gasteiger partial charge in [-0.25, -0.2) is 0 Å². The zero-order chi connectivity index (χ0) is 13.9. The summed E-state index contributed by atoms with van der Waals surface area (Å²) >= 11 is 0. The summed E-state index contributed by atoms with van der Waals surface area (Å²) < 4.78 is 0. The molecule has 2 rings (SSSR count). The highest BCUT2D eigenvalue weighted by Gasteiger charge is 2.29. The van der Waals surface area contributed by atoms with Gasteiger partial charge in [-0.2, -0.15) is 0 Å². The van der Waals surface area contributed by atoms with Crippen LogP contribution in [0.15, 0.2) is 55.1 Å². The lowest BCUT2D eigenvalue weighted by molar-refractivity contribution is -0.125. The maximum atomic E-state index is 11.9. The number of hydrogen-bond acceptors (Lipinski definition) is 1. The molecule has 0 spiro atoms. The van der Waals surface area contributed by atoms with E-state index in [2.05, 4.69) is 36.9 Å². The first-order valence-electron chi connectivity index (χ1n) is 6.65. The number of hydrogen-bond donors (Lipinski definition) is 0. The van der Waals surface area contributed by atoms with Crippen LogP contribution in [0.2, 0.25) is 0 Å². The predicted molar refractivity (Wildman–Crippen MR) is 81.3 cm³/mol. The van der Waals surface area contributed by atoms with Crippen LogP contribution in [0.5, 0.6) is 0 Å². The van der Waals surface area contributed by atoms with Crippen molar-refractivity contribution in [1.29, 1.82) is 0 Å². The number of ketones is 1. The molecule has 1 nitrogen and oxygen atoms in total. The molecule has 0 heterocycles. The molecular weight excluding hydrogens is 232 g/mol. The summed E-state index contributed by atoms with van der Waals surface area (Å²) in [5, 5.41) is 2.46. The molecule has 0 bridgehead atoms. The minimum absolute atomic E-state index is 0.223. The fraction of sp³-hybridized carbons (Fsp3) is 0.278. The molecule has 1 heteroatoms. The molecule has 0 amide bonds. The van der Waals surface area contributed by atoms with Gasteiger partial charge in [-0.1, -0.05) is 55.5 Å². The van der Waals surface area contributed by atoms with Crippen LogP contribution in [0.4, 0.5) is 0 Å². The van der Waals surface area contributed by atoms with E-state index in [9.17, 15) is 4.79 Å². The first-order valence-corrected chi connectivity index (χ1v) is 6.65. The predicted octanol–water partition coefficient (Wildman–Crippen LogP) is 4.55. The number of benzene rings is 2.